The number of hydrazine groups is 1. The van der Waals surface area contributed by atoms with Crippen molar-refractivity contribution >= 4 is 0 Å². The number of para-hydroxylation sites is 1. The molecule has 0 aromatic heterocycles. The van der Waals surface area contributed by atoms with Gasteiger partial charge in [0.2, 0.25) is 0 Å². The Kier molecular flexibility index (Phi) is 4.88. The van der Waals surface area contributed by atoms with Gasteiger partial charge >= 0.3 is 6.61 Å². The standard InChI is InChI=1S/C16H18F2N2O/c1-10-7-8-11(2)13(9-10)15(20-19)12-5-3-4-6-14(12)21-16(17)18/h3-9,15-16,20H,19H2,1-2H3. The van der Waals surface area contributed by atoms with Crippen LogP contribution in [0.1, 0.15) is 28.3 Å². The number of ether oxygens (including phenoxy) is 1. The predicted octanol–water partition coefficient (Wildman–Crippen LogP) is 3.46. The lowest BCUT2D eigenvalue weighted by molar-refractivity contribution is -0.0506. The van der Waals surface area contributed by atoms with Gasteiger partial charge in [0.25, 0.3) is 0 Å². The third-order valence-corrected chi connectivity index (χ3v) is 3.36. The van der Waals surface area contributed by atoms with Crippen molar-refractivity contribution in [3.05, 3.63) is 64.7 Å². The van der Waals surface area contributed by atoms with Crippen molar-refractivity contribution in [1.82, 2.24) is 5.43 Å². The lowest BCUT2D eigenvalue weighted by atomic mass is 9.93. The predicted molar refractivity (Wildman–Crippen MR) is 78.2 cm³/mol. The van der Waals surface area contributed by atoms with Gasteiger partial charge in [0, 0.05) is 5.56 Å². The Bertz CT molecular complexity index is 617. The number of alkyl halides is 2. The molecule has 5 heteroatoms. The number of hydrogen-bond donors (Lipinski definition) is 2. The Morgan fingerprint density at radius 3 is 2.43 bits per heavy atom. The van der Waals surface area contributed by atoms with Crippen LogP contribution in [0.2, 0.25) is 0 Å². The van der Waals surface area contributed by atoms with Gasteiger partial charge in [-0.15, -0.1) is 0 Å². The molecule has 2 aromatic carbocycles. The molecule has 0 radical (unpaired) electrons. The maximum Gasteiger partial charge on any atom is 0.387 e. The molecule has 112 valence electrons. The molecular weight excluding hydrogens is 274 g/mol. The molecule has 3 nitrogen and oxygen atoms in total. The quantitative estimate of drug-likeness (QED) is 0.655. The van der Waals surface area contributed by atoms with E-state index < -0.39 is 12.7 Å². The van der Waals surface area contributed by atoms with Crippen LogP contribution in [0.15, 0.2) is 42.5 Å². The number of benzene rings is 2. The average molecular weight is 292 g/mol. The number of rotatable bonds is 5. The first-order chi connectivity index (χ1) is 10.0. The van der Waals surface area contributed by atoms with Gasteiger partial charge in [-0.3, -0.25) is 5.84 Å². The molecule has 0 spiro atoms. The zero-order valence-corrected chi connectivity index (χ0v) is 11.9. The van der Waals surface area contributed by atoms with E-state index in [0.717, 1.165) is 16.7 Å². The maximum absolute atomic E-state index is 12.5. The van der Waals surface area contributed by atoms with Gasteiger partial charge < -0.3 is 4.74 Å². The summed E-state index contributed by atoms with van der Waals surface area (Å²) in [5.41, 5.74) is 6.30. The minimum Gasteiger partial charge on any atom is -0.434 e. The molecule has 0 saturated heterocycles. The molecular formula is C16H18F2N2O. The van der Waals surface area contributed by atoms with E-state index in [4.69, 9.17) is 5.84 Å². The Morgan fingerprint density at radius 1 is 1.05 bits per heavy atom. The van der Waals surface area contributed by atoms with E-state index in [1.165, 1.54) is 6.07 Å². The molecule has 2 rings (SSSR count). The Labute approximate surface area is 122 Å². The van der Waals surface area contributed by atoms with Crippen molar-refractivity contribution in [3.8, 4) is 5.75 Å². The largest absolute Gasteiger partial charge is 0.434 e. The number of nitrogens with one attached hydrogen (secondary N) is 1. The van der Waals surface area contributed by atoms with Gasteiger partial charge in [0.1, 0.15) is 5.75 Å². The fourth-order valence-electron chi connectivity index (χ4n) is 2.34. The first-order valence-electron chi connectivity index (χ1n) is 6.60. The second-order valence-corrected chi connectivity index (χ2v) is 4.88. The summed E-state index contributed by atoms with van der Waals surface area (Å²) in [6, 6.07) is 12.2. The zero-order chi connectivity index (χ0) is 15.4. The maximum atomic E-state index is 12.5. The molecule has 0 bridgehead atoms. The summed E-state index contributed by atoms with van der Waals surface area (Å²) < 4.78 is 29.7. The molecule has 21 heavy (non-hydrogen) atoms. The van der Waals surface area contributed by atoms with Crippen molar-refractivity contribution in [3.63, 3.8) is 0 Å². The van der Waals surface area contributed by atoms with Gasteiger partial charge in [-0.2, -0.15) is 8.78 Å². The summed E-state index contributed by atoms with van der Waals surface area (Å²) in [4.78, 5) is 0. The van der Waals surface area contributed by atoms with Gasteiger partial charge in [-0.25, -0.2) is 5.43 Å². The molecule has 3 N–H and O–H groups in total. The van der Waals surface area contributed by atoms with Crippen LogP contribution in [0, 0.1) is 13.8 Å². The Balaban J connectivity index is 2.49. The third kappa shape index (κ3) is 3.56. The first kappa shape index (κ1) is 15.4. The highest BCUT2D eigenvalue weighted by Gasteiger charge is 2.20. The van der Waals surface area contributed by atoms with Crippen LogP contribution in [-0.2, 0) is 0 Å². The Hall–Kier alpha value is -1.98. The number of nitrogens with two attached hydrogens (primary N) is 1. The SMILES string of the molecule is Cc1ccc(C)c(C(NN)c2ccccc2OC(F)F)c1. The van der Waals surface area contributed by atoms with E-state index in [-0.39, 0.29) is 5.75 Å². The summed E-state index contributed by atoms with van der Waals surface area (Å²) >= 11 is 0. The van der Waals surface area contributed by atoms with E-state index in [1.54, 1.807) is 18.2 Å². The van der Waals surface area contributed by atoms with Crippen molar-refractivity contribution in [2.75, 3.05) is 0 Å². The molecule has 0 aliphatic carbocycles. The van der Waals surface area contributed by atoms with Gasteiger partial charge in [0.05, 0.1) is 6.04 Å². The fourth-order valence-corrected chi connectivity index (χ4v) is 2.34. The normalized spacial score (nSPS) is 12.5. The highest BCUT2D eigenvalue weighted by Crippen LogP contribution is 2.32. The van der Waals surface area contributed by atoms with Crippen LogP contribution in [0.5, 0.6) is 5.75 Å². The molecule has 0 fully saturated rings. The van der Waals surface area contributed by atoms with Crippen LogP contribution in [-0.4, -0.2) is 6.61 Å². The summed E-state index contributed by atoms with van der Waals surface area (Å²) in [6.45, 7) is 1.05. The second kappa shape index (κ2) is 6.65. The van der Waals surface area contributed by atoms with Gasteiger partial charge in [0.15, 0.2) is 0 Å². The zero-order valence-electron chi connectivity index (χ0n) is 11.9. The molecule has 0 amide bonds. The van der Waals surface area contributed by atoms with Crippen molar-refractivity contribution < 1.29 is 13.5 Å². The monoisotopic (exact) mass is 292 g/mol. The molecule has 0 aliphatic heterocycles. The number of halogens is 2. The summed E-state index contributed by atoms with van der Waals surface area (Å²) in [5.74, 6) is 5.78. The van der Waals surface area contributed by atoms with Crippen LogP contribution in [0.4, 0.5) is 8.78 Å². The lowest BCUT2D eigenvalue weighted by Gasteiger charge is -2.22. The van der Waals surface area contributed by atoms with Gasteiger partial charge in [-0.1, -0.05) is 42.0 Å². The van der Waals surface area contributed by atoms with E-state index in [1.807, 2.05) is 32.0 Å². The second-order valence-electron chi connectivity index (χ2n) is 4.88. The number of aryl methyl sites for hydroxylation is 2. The molecule has 2 aromatic rings. The molecule has 1 unspecified atom stereocenters. The minimum atomic E-state index is -2.87. The average Bonchev–Trinajstić information content (AvgIpc) is 2.44. The summed E-state index contributed by atoms with van der Waals surface area (Å²) in [5, 5.41) is 0. The van der Waals surface area contributed by atoms with Crippen molar-refractivity contribution in [2.45, 2.75) is 26.5 Å². The van der Waals surface area contributed by atoms with Crippen LogP contribution in [0.25, 0.3) is 0 Å². The van der Waals surface area contributed by atoms with E-state index in [9.17, 15) is 8.78 Å². The fraction of sp³-hybridized carbons (Fsp3) is 0.250. The van der Waals surface area contributed by atoms with Crippen LogP contribution in [0.3, 0.4) is 0 Å². The van der Waals surface area contributed by atoms with Crippen LogP contribution >= 0.6 is 0 Å². The lowest BCUT2D eigenvalue weighted by Crippen LogP contribution is -2.30. The molecule has 0 heterocycles. The van der Waals surface area contributed by atoms with E-state index in [0.29, 0.717) is 5.56 Å². The van der Waals surface area contributed by atoms with Gasteiger partial charge in [-0.05, 0) is 31.0 Å². The first-order valence-corrected chi connectivity index (χ1v) is 6.60. The van der Waals surface area contributed by atoms with E-state index in [2.05, 4.69) is 10.2 Å². The highest BCUT2D eigenvalue weighted by atomic mass is 19.3. The smallest absolute Gasteiger partial charge is 0.387 e. The minimum absolute atomic E-state index is 0.122. The van der Waals surface area contributed by atoms with Crippen molar-refractivity contribution in [2.24, 2.45) is 5.84 Å². The summed E-state index contributed by atoms with van der Waals surface area (Å²) in [6.07, 6.45) is 0. The van der Waals surface area contributed by atoms with Crippen molar-refractivity contribution in [1.29, 1.82) is 0 Å². The Morgan fingerprint density at radius 2 is 1.76 bits per heavy atom. The van der Waals surface area contributed by atoms with Crippen LogP contribution < -0.4 is 16.0 Å². The number of hydrogen-bond acceptors (Lipinski definition) is 3. The topological polar surface area (TPSA) is 47.3 Å². The molecule has 1 atom stereocenters. The molecule has 0 saturated carbocycles. The highest BCUT2D eigenvalue weighted by molar-refractivity contribution is 5.44. The van der Waals surface area contributed by atoms with E-state index >= 15 is 0 Å². The third-order valence-electron chi connectivity index (χ3n) is 3.36. The molecule has 0 aliphatic rings. The summed E-state index contributed by atoms with van der Waals surface area (Å²) in [7, 11) is 0.